The topological polar surface area (TPSA) is 84.2 Å². The summed E-state index contributed by atoms with van der Waals surface area (Å²) in [5.41, 5.74) is 1.77. The summed E-state index contributed by atoms with van der Waals surface area (Å²) in [4.78, 5) is 30.1. The van der Waals surface area contributed by atoms with Gasteiger partial charge in [0.15, 0.2) is 11.5 Å². The highest BCUT2D eigenvalue weighted by Gasteiger charge is 2.14. The van der Waals surface area contributed by atoms with Gasteiger partial charge in [0.1, 0.15) is 0 Å². The third-order valence-corrected chi connectivity index (χ3v) is 4.08. The van der Waals surface area contributed by atoms with Crippen LogP contribution in [0.15, 0.2) is 60.9 Å². The number of hydrogen-bond donors (Lipinski definition) is 2. The van der Waals surface area contributed by atoms with E-state index in [1.807, 2.05) is 48.5 Å². The van der Waals surface area contributed by atoms with Crippen LogP contribution in [0, 0.1) is 0 Å². The van der Waals surface area contributed by atoms with E-state index in [1.165, 1.54) is 0 Å². The van der Waals surface area contributed by atoms with Crippen molar-refractivity contribution < 1.29 is 19.1 Å². The van der Waals surface area contributed by atoms with E-state index in [9.17, 15) is 9.59 Å². The Kier molecular flexibility index (Phi) is 4.15. The molecule has 0 aliphatic heterocycles. The van der Waals surface area contributed by atoms with Crippen molar-refractivity contribution in [2.75, 3.05) is 0 Å². The molecule has 0 radical (unpaired) electrons. The zero-order valence-electron chi connectivity index (χ0n) is 13.8. The summed E-state index contributed by atoms with van der Waals surface area (Å²) in [5, 5.41) is 1.64. The summed E-state index contributed by atoms with van der Waals surface area (Å²) >= 11 is 0. The van der Waals surface area contributed by atoms with E-state index in [1.54, 1.807) is 12.4 Å². The van der Waals surface area contributed by atoms with E-state index in [4.69, 9.17) is 9.47 Å². The van der Waals surface area contributed by atoms with Crippen LogP contribution in [0.5, 0.6) is 11.5 Å². The number of ether oxygens (including phenoxy) is 2. The predicted octanol–water partition coefficient (Wildman–Crippen LogP) is 3.94. The number of esters is 2. The van der Waals surface area contributed by atoms with Crippen LogP contribution in [-0.4, -0.2) is 21.9 Å². The third kappa shape index (κ3) is 3.17. The summed E-state index contributed by atoms with van der Waals surface area (Å²) in [5.74, 6) is -0.0533. The number of carbonyl (C=O) groups excluding carboxylic acids is 2. The first kappa shape index (κ1) is 16.0. The molecule has 6 heteroatoms. The van der Waals surface area contributed by atoms with Crippen LogP contribution in [0.1, 0.15) is 12.8 Å². The summed E-state index contributed by atoms with van der Waals surface area (Å²) in [6.07, 6.45) is 3.15. The van der Waals surface area contributed by atoms with E-state index in [0.717, 1.165) is 21.8 Å². The monoisotopic (exact) mass is 348 g/mol. The van der Waals surface area contributed by atoms with Gasteiger partial charge in [0, 0.05) is 34.2 Å². The van der Waals surface area contributed by atoms with E-state index < -0.39 is 11.9 Å². The van der Waals surface area contributed by atoms with Crippen LogP contribution < -0.4 is 9.47 Å². The smallest absolute Gasteiger partial charge is 0.311 e. The second-order valence-electron chi connectivity index (χ2n) is 5.85. The summed E-state index contributed by atoms with van der Waals surface area (Å²) in [6.45, 7) is 0. The fraction of sp³-hybridized carbons (Fsp3) is 0.100. The van der Waals surface area contributed by atoms with Crippen LogP contribution in [0.25, 0.3) is 21.8 Å². The molecule has 0 saturated heterocycles. The van der Waals surface area contributed by atoms with Crippen LogP contribution >= 0.6 is 0 Å². The molecular weight excluding hydrogens is 332 g/mol. The molecule has 0 atom stereocenters. The third-order valence-electron chi connectivity index (χ3n) is 4.08. The molecule has 130 valence electrons. The first-order valence-corrected chi connectivity index (χ1v) is 8.24. The molecule has 0 spiro atoms. The maximum Gasteiger partial charge on any atom is 0.311 e. The number of hydrogen-bond acceptors (Lipinski definition) is 4. The number of nitrogens with one attached hydrogen (secondary N) is 2. The highest BCUT2D eigenvalue weighted by molar-refractivity contribution is 5.90. The van der Waals surface area contributed by atoms with E-state index in [0.29, 0.717) is 11.5 Å². The lowest BCUT2D eigenvalue weighted by atomic mass is 10.2. The Hall–Kier alpha value is -3.54. The van der Waals surface area contributed by atoms with Gasteiger partial charge in [0.2, 0.25) is 0 Å². The molecule has 4 rings (SSSR count). The van der Waals surface area contributed by atoms with Gasteiger partial charge in [-0.15, -0.1) is 0 Å². The highest BCUT2D eigenvalue weighted by Crippen LogP contribution is 2.26. The molecule has 2 N–H and O–H groups in total. The first-order valence-electron chi connectivity index (χ1n) is 8.24. The molecule has 2 aromatic heterocycles. The van der Waals surface area contributed by atoms with Crippen molar-refractivity contribution in [3.63, 3.8) is 0 Å². The molecule has 4 aromatic rings. The normalized spacial score (nSPS) is 10.9. The lowest BCUT2D eigenvalue weighted by molar-refractivity contribution is -0.140. The van der Waals surface area contributed by atoms with Gasteiger partial charge < -0.3 is 19.4 Å². The second-order valence-corrected chi connectivity index (χ2v) is 5.85. The quantitative estimate of drug-likeness (QED) is 0.535. The molecule has 0 amide bonds. The van der Waals surface area contributed by atoms with Crippen molar-refractivity contribution in [1.29, 1.82) is 0 Å². The zero-order chi connectivity index (χ0) is 17.9. The van der Waals surface area contributed by atoms with Crippen LogP contribution in [0.4, 0.5) is 0 Å². The van der Waals surface area contributed by atoms with Gasteiger partial charge in [0.25, 0.3) is 0 Å². The first-order chi connectivity index (χ1) is 12.7. The zero-order valence-corrected chi connectivity index (χ0v) is 13.8. The standard InChI is InChI=1S/C20H16N2O4/c23-19(25-17-11-21-15-7-3-1-5-13(15)17)9-10-20(24)26-18-12-22-16-8-4-2-6-14(16)18/h1-8,11-12,21-22H,9-10H2. The number of benzene rings is 2. The predicted molar refractivity (Wildman–Crippen MR) is 97.1 cm³/mol. The molecule has 0 unspecified atom stereocenters. The largest absolute Gasteiger partial charge is 0.424 e. The number of para-hydroxylation sites is 2. The maximum absolute atomic E-state index is 12.0. The molecular formula is C20H16N2O4. The Balaban J connectivity index is 1.34. The average Bonchev–Trinajstić information content (AvgIpc) is 3.25. The Morgan fingerprint density at radius 1 is 0.692 bits per heavy atom. The molecule has 0 aliphatic carbocycles. The van der Waals surface area contributed by atoms with Gasteiger partial charge in [-0.25, -0.2) is 0 Å². The Morgan fingerprint density at radius 3 is 1.58 bits per heavy atom. The van der Waals surface area contributed by atoms with Crippen molar-refractivity contribution in [3.05, 3.63) is 60.9 Å². The SMILES string of the molecule is O=C(CCC(=O)Oc1c[nH]c2ccccc12)Oc1c[nH]c2ccccc12. The Labute approximate surface area is 148 Å². The van der Waals surface area contributed by atoms with Gasteiger partial charge in [0.05, 0.1) is 12.8 Å². The van der Waals surface area contributed by atoms with Gasteiger partial charge in [-0.3, -0.25) is 9.59 Å². The van der Waals surface area contributed by atoms with Crippen LogP contribution in [0.2, 0.25) is 0 Å². The van der Waals surface area contributed by atoms with Crippen molar-refractivity contribution in [1.82, 2.24) is 9.97 Å². The van der Waals surface area contributed by atoms with Gasteiger partial charge in [-0.1, -0.05) is 24.3 Å². The van der Waals surface area contributed by atoms with Crippen molar-refractivity contribution in [2.45, 2.75) is 12.8 Å². The van der Waals surface area contributed by atoms with Gasteiger partial charge >= 0.3 is 11.9 Å². The average molecular weight is 348 g/mol. The Bertz CT molecular complexity index is 1010. The maximum atomic E-state index is 12.0. The van der Waals surface area contributed by atoms with Crippen LogP contribution in [0.3, 0.4) is 0 Å². The lowest BCUT2D eigenvalue weighted by Gasteiger charge is -2.04. The fourth-order valence-corrected chi connectivity index (χ4v) is 2.81. The molecule has 2 aromatic carbocycles. The molecule has 2 heterocycles. The molecule has 26 heavy (non-hydrogen) atoms. The minimum atomic E-state index is -0.481. The van der Waals surface area contributed by atoms with Gasteiger partial charge in [-0.2, -0.15) is 0 Å². The summed E-state index contributed by atoms with van der Waals surface area (Å²) < 4.78 is 10.7. The number of carbonyl (C=O) groups is 2. The second kappa shape index (κ2) is 6.76. The van der Waals surface area contributed by atoms with Gasteiger partial charge in [-0.05, 0) is 24.3 Å². The number of H-pyrrole nitrogens is 2. The molecule has 6 nitrogen and oxygen atoms in total. The van der Waals surface area contributed by atoms with Crippen LogP contribution in [-0.2, 0) is 9.59 Å². The number of aromatic nitrogens is 2. The summed E-state index contributed by atoms with van der Waals surface area (Å²) in [7, 11) is 0. The number of fused-ring (bicyclic) bond motifs is 2. The van der Waals surface area contributed by atoms with Crippen molar-refractivity contribution in [2.24, 2.45) is 0 Å². The fourth-order valence-electron chi connectivity index (χ4n) is 2.81. The number of rotatable bonds is 5. The minimum Gasteiger partial charge on any atom is -0.424 e. The van der Waals surface area contributed by atoms with E-state index in [2.05, 4.69) is 9.97 Å². The van der Waals surface area contributed by atoms with E-state index in [-0.39, 0.29) is 12.8 Å². The molecule has 0 saturated carbocycles. The molecule has 0 fully saturated rings. The van der Waals surface area contributed by atoms with Crippen molar-refractivity contribution >= 4 is 33.7 Å². The Morgan fingerprint density at radius 2 is 1.12 bits per heavy atom. The summed E-state index contributed by atoms with van der Waals surface area (Å²) in [6, 6.07) is 15.0. The lowest BCUT2D eigenvalue weighted by Crippen LogP contribution is -2.13. The van der Waals surface area contributed by atoms with E-state index >= 15 is 0 Å². The molecule has 0 bridgehead atoms. The highest BCUT2D eigenvalue weighted by atomic mass is 16.5. The number of aromatic amines is 2. The minimum absolute atomic E-state index is 0.0549. The molecule has 0 aliphatic rings. The van der Waals surface area contributed by atoms with Crippen molar-refractivity contribution in [3.8, 4) is 11.5 Å².